The molecule has 21 heavy (non-hydrogen) atoms. The Kier molecular flexibility index (Phi) is 6.98. The second-order valence-corrected chi connectivity index (χ2v) is 4.74. The number of carbonyl (C=O) groups is 2. The third-order valence-corrected chi connectivity index (χ3v) is 3.16. The minimum Gasteiger partial charge on any atom is -0.496 e. The Labute approximate surface area is 128 Å². The molecule has 1 amide bonds. The van der Waals surface area contributed by atoms with E-state index in [1.54, 1.807) is 25.3 Å². The number of hydrogen-bond donors (Lipinski definition) is 2. The van der Waals surface area contributed by atoms with Gasteiger partial charge in [-0.05, 0) is 12.1 Å². The van der Waals surface area contributed by atoms with Crippen LogP contribution in [0.3, 0.4) is 0 Å². The molecular formula is C14H19ClN2O4. The normalized spacial score (nSPS) is 11.6. The fraction of sp³-hybridized carbons (Fsp3) is 0.429. The van der Waals surface area contributed by atoms with E-state index in [1.165, 1.54) is 14.0 Å². The summed E-state index contributed by atoms with van der Waals surface area (Å²) in [6, 6.07) is 4.60. The molecule has 2 N–H and O–H groups in total. The number of amides is 1. The van der Waals surface area contributed by atoms with Crippen LogP contribution in [0, 0.1) is 0 Å². The molecular weight excluding hydrogens is 296 g/mol. The van der Waals surface area contributed by atoms with E-state index in [0.717, 1.165) is 5.56 Å². The molecule has 1 unspecified atom stereocenters. The van der Waals surface area contributed by atoms with Crippen LogP contribution in [0.2, 0.25) is 5.02 Å². The molecule has 1 aromatic carbocycles. The topological polar surface area (TPSA) is 76.7 Å². The Balaban J connectivity index is 2.66. The zero-order valence-electron chi connectivity index (χ0n) is 12.2. The van der Waals surface area contributed by atoms with Crippen molar-refractivity contribution in [1.82, 2.24) is 10.6 Å². The first-order valence-corrected chi connectivity index (χ1v) is 6.74. The maximum Gasteiger partial charge on any atom is 0.329 e. The largest absolute Gasteiger partial charge is 0.496 e. The van der Waals surface area contributed by atoms with Gasteiger partial charge in [0.25, 0.3) is 0 Å². The molecule has 1 rings (SSSR count). The fourth-order valence-electron chi connectivity index (χ4n) is 1.82. The molecule has 0 radical (unpaired) electrons. The van der Waals surface area contributed by atoms with Gasteiger partial charge in [-0.2, -0.15) is 0 Å². The van der Waals surface area contributed by atoms with E-state index in [9.17, 15) is 9.59 Å². The average Bonchev–Trinajstić information content (AvgIpc) is 2.46. The molecule has 0 bridgehead atoms. The third-order valence-electron chi connectivity index (χ3n) is 2.81. The lowest BCUT2D eigenvalue weighted by Gasteiger charge is -2.17. The summed E-state index contributed by atoms with van der Waals surface area (Å²) in [5, 5.41) is 6.14. The lowest BCUT2D eigenvalue weighted by molar-refractivity contribution is -0.144. The van der Waals surface area contributed by atoms with Crippen molar-refractivity contribution in [3.05, 3.63) is 28.8 Å². The highest BCUT2D eigenvalue weighted by atomic mass is 35.5. The standard InChI is InChI=1S/C14H19ClN2O4/c1-9(18)17-12(14(19)21-3)8-16-7-10-11(15)5-4-6-13(10)20-2/h4-6,12,16H,7-8H2,1-3H3,(H,17,18). The van der Waals surface area contributed by atoms with E-state index in [-0.39, 0.29) is 12.5 Å². The number of ether oxygens (including phenoxy) is 2. The molecule has 0 aromatic heterocycles. The summed E-state index contributed by atoms with van der Waals surface area (Å²) < 4.78 is 9.87. The summed E-state index contributed by atoms with van der Waals surface area (Å²) in [6.45, 7) is 1.96. The van der Waals surface area contributed by atoms with Gasteiger partial charge < -0.3 is 20.1 Å². The summed E-state index contributed by atoms with van der Waals surface area (Å²) in [4.78, 5) is 22.6. The molecule has 116 valence electrons. The number of halogens is 1. The number of carbonyl (C=O) groups excluding carboxylic acids is 2. The van der Waals surface area contributed by atoms with Crippen LogP contribution in [-0.4, -0.2) is 38.7 Å². The van der Waals surface area contributed by atoms with Crippen LogP contribution in [0.25, 0.3) is 0 Å². The van der Waals surface area contributed by atoms with Crippen LogP contribution in [0.4, 0.5) is 0 Å². The van der Waals surface area contributed by atoms with Crippen LogP contribution < -0.4 is 15.4 Å². The molecule has 0 saturated carbocycles. The predicted molar refractivity (Wildman–Crippen MR) is 79.3 cm³/mol. The quantitative estimate of drug-likeness (QED) is 0.737. The van der Waals surface area contributed by atoms with E-state index in [1.807, 2.05) is 0 Å². The maximum absolute atomic E-state index is 11.6. The number of hydrogen-bond acceptors (Lipinski definition) is 5. The lowest BCUT2D eigenvalue weighted by atomic mass is 10.2. The molecule has 7 heteroatoms. The van der Waals surface area contributed by atoms with Gasteiger partial charge in [-0.3, -0.25) is 4.79 Å². The summed E-state index contributed by atoms with van der Waals surface area (Å²) in [6.07, 6.45) is 0. The van der Waals surface area contributed by atoms with Crippen molar-refractivity contribution >= 4 is 23.5 Å². The van der Waals surface area contributed by atoms with Gasteiger partial charge in [0.05, 0.1) is 14.2 Å². The Morgan fingerprint density at radius 3 is 2.62 bits per heavy atom. The van der Waals surface area contributed by atoms with Gasteiger partial charge in [0, 0.05) is 30.6 Å². The van der Waals surface area contributed by atoms with Gasteiger partial charge in [-0.1, -0.05) is 17.7 Å². The van der Waals surface area contributed by atoms with Crippen LogP contribution in [0.1, 0.15) is 12.5 Å². The molecule has 0 aliphatic rings. The van der Waals surface area contributed by atoms with Crippen molar-refractivity contribution in [3.63, 3.8) is 0 Å². The molecule has 1 atom stereocenters. The smallest absolute Gasteiger partial charge is 0.329 e. The Morgan fingerprint density at radius 1 is 1.33 bits per heavy atom. The third kappa shape index (κ3) is 5.24. The molecule has 0 aliphatic heterocycles. The van der Waals surface area contributed by atoms with Crippen LogP contribution in [0.5, 0.6) is 5.75 Å². The molecule has 0 spiro atoms. The summed E-state index contributed by atoms with van der Waals surface area (Å²) in [5.74, 6) is -0.157. The molecule has 0 fully saturated rings. The zero-order valence-corrected chi connectivity index (χ0v) is 13.0. The maximum atomic E-state index is 11.6. The van der Waals surface area contributed by atoms with Crippen LogP contribution in [-0.2, 0) is 20.9 Å². The fourth-order valence-corrected chi connectivity index (χ4v) is 2.06. The minimum absolute atomic E-state index is 0.223. The van der Waals surface area contributed by atoms with Gasteiger partial charge in [0.1, 0.15) is 11.8 Å². The highest BCUT2D eigenvalue weighted by molar-refractivity contribution is 6.31. The van der Waals surface area contributed by atoms with Gasteiger partial charge in [0.2, 0.25) is 5.91 Å². The van der Waals surface area contributed by atoms with Crippen molar-refractivity contribution in [2.45, 2.75) is 19.5 Å². The summed E-state index contributed by atoms with van der Waals surface area (Å²) in [7, 11) is 2.83. The summed E-state index contributed by atoms with van der Waals surface area (Å²) >= 11 is 6.12. The van der Waals surface area contributed by atoms with Crippen molar-refractivity contribution in [1.29, 1.82) is 0 Å². The molecule has 1 aromatic rings. The molecule has 0 aliphatic carbocycles. The Bertz CT molecular complexity index is 508. The average molecular weight is 315 g/mol. The Morgan fingerprint density at radius 2 is 2.05 bits per heavy atom. The first kappa shape index (κ1) is 17.3. The number of methoxy groups -OCH3 is 2. The highest BCUT2D eigenvalue weighted by Gasteiger charge is 2.19. The summed E-state index contributed by atoms with van der Waals surface area (Å²) in [5.41, 5.74) is 0.785. The van der Waals surface area contributed by atoms with E-state index in [0.29, 0.717) is 17.3 Å². The van der Waals surface area contributed by atoms with Crippen molar-refractivity contribution < 1.29 is 19.1 Å². The van der Waals surface area contributed by atoms with E-state index in [2.05, 4.69) is 15.4 Å². The highest BCUT2D eigenvalue weighted by Crippen LogP contribution is 2.25. The first-order chi connectivity index (χ1) is 9.99. The second-order valence-electron chi connectivity index (χ2n) is 4.33. The number of benzene rings is 1. The molecule has 6 nitrogen and oxygen atoms in total. The van der Waals surface area contributed by atoms with Crippen LogP contribution >= 0.6 is 11.6 Å². The van der Waals surface area contributed by atoms with Crippen molar-refractivity contribution in [2.24, 2.45) is 0 Å². The molecule has 0 saturated heterocycles. The Hall–Kier alpha value is -1.79. The van der Waals surface area contributed by atoms with Gasteiger partial charge in [-0.15, -0.1) is 0 Å². The molecule has 0 heterocycles. The SMILES string of the molecule is COC(=O)C(CNCc1c(Cl)cccc1OC)NC(C)=O. The minimum atomic E-state index is -0.749. The van der Waals surface area contributed by atoms with Crippen molar-refractivity contribution in [2.75, 3.05) is 20.8 Å². The number of esters is 1. The number of rotatable bonds is 7. The van der Waals surface area contributed by atoms with E-state index in [4.69, 9.17) is 16.3 Å². The second kappa shape index (κ2) is 8.49. The number of nitrogens with one attached hydrogen (secondary N) is 2. The van der Waals surface area contributed by atoms with Crippen LogP contribution in [0.15, 0.2) is 18.2 Å². The van der Waals surface area contributed by atoms with Crippen molar-refractivity contribution in [3.8, 4) is 5.75 Å². The monoisotopic (exact) mass is 314 g/mol. The van der Waals surface area contributed by atoms with Gasteiger partial charge in [0.15, 0.2) is 0 Å². The van der Waals surface area contributed by atoms with E-state index >= 15 is 0 Å². The first-order valence-electron chi connectivity index (χ1n) is 6.36. The lowest BCUT2D eigenvalue weighted by Crippen LogP contribution is -2.47. The van der Waals surface area contributed by atoms with Gasteiger partial charge in [-0.25, -0.2) is 4.79 Å². The van der Waals surface area contributed by atoms with E-state index < -0.39 is 12.0 Å². The predicted octanol–water partition coefficient (Wildman–Crippen LogP) is 1.12. The van der Waals surface area contributed by atoms with Gasteiger partial charge >= 0.3 is 5.97 Å². The zero-order chi connectivity index (χ0) is 15.8.